The molecule has 0 spiro atoms. The first-order valence-electron chi connectivity index (χ1n) is 5.69. The number of aryl methyl sites for hydroxylation is 1. The van der Waals surface area contributed by atoms with Crippen molar-refractivity contribution in [1.82, 2.24) is 5.32 Å². The summed E-state index contributed by atoms with van der Waals surface area (Å²) >= 11 is 1.85. The lowest BCUT2D eigenvalue weighted by molar-refractivity contribution is 0.256. The van der Waals surface area contributed by atoms with Crippen molar-refractivity contribution in [3.8, 4) is 0 Å². The summed E-state index contributed by atoms with van der Waals surface area (Å²) in [7, 11) is 0. The van der Waals surface area contributed by atoms with Crippen LogP contribution in [0.5, 0.6) is 0 Å². The van der Waals surface area contributed by atoms with Crippen molar-refractivity contribution < 1.29 is 5.11 Å². The Morgan fingerprint density at radius 1 is 1.53 bits per heavy atom. The Labute approximate surface area is 95.3 Å². The second kappa shape index (κ2) is 5.10. The van der Waals surface area contributed by atoms with Gasteiger partial charge in [-0.25, -0.2) is 0 Å². The summed E-state index contributed by atoms with van der Waals surface area (Å²) in [5, 5.41) is 12.5. The largest absolute Gasteiger partial charge is 0.396 e. The van der Waals surface area contributed by atoms with Crippen LogP contribution < -0.4 is 5.32 Å². The number of thiophene rings is 1. The monoisotopic (exact) mass is 225 g/mol. The first-order valence-corrected chi connectivity index (χ1v) is 6.51. The summed E-state index contributed by atoms with van der Waals surface area (Å²) in [5.41, 5.74) is 0. The minimum Gasteiger partial charge on any atom is -0.396 e. The number of rotatable bonds is 6. The molecule has 2 rings (SSSR count). The zero-order valence-electron chi connectivity index (χ0n) is 9.20. The van der Waals surface area contributed by atoms with E-state index in [4.69, 9.17) is 5.11 Å². The van der Waals surface area contributed by atoms with Crippen molar-refractivity contribution in [2.75, 3.05) is 6.61 Å². The molecular weight excluding hydrogens is 206 g/mol. The van der Waals surface area contributed by atoms with Gasteiger partial charge in [0.25, 0.3) is 0 Å². The van der Waals surface area contributed by atoms with Gasteiger partial charge in [-0.1, -0.05) is 0 Å². The van der Waals surface area contributed by atoms with E-state index in [1.54, 1.807) is 0 Å². The van der Waals surface area contributed by atoms with Gasteiger partial charge in [-0.15, -0.1) is 11.3 Å². The van der Waals surface area contributed by atoms with Gasteiger partial charge in [-0.05, 0) is 44.2 Å². The third kappa shape index (κ3) is 3.30. The Kier molecular flexibility index (Phi) is 3.78. The molecule has 15 heavy (non-hydrogen) atoms. The van der Waals surface area contributed by atoms with Crippen LogP contribution in [-0.4, -0.2) is 17.8 Å². The molecule has 0 radical (unpaired) electrons. The van der Waals surface area contributed by atoms with Gasteiger partial charge in [-0.3, -0.25) is 0 Å². The van der Waals surface area contributed by atoms with E-state index in [1.165, 1.54) is 22.6 Å². The summed E-state index contributed by atoms with van der Waals surface area (Å²) in [4.78, 5) is 2.77. The maximum absolute atomic E-state index is 8.98. The van der Waals surface area contributed by atoms with Crippen LogP contribution in [0.4, 0.5) is 0 Å². The van der Waals surface area contributed by atoms with Crippen molar-refractivity contribution in [1.29, 1.82) is 0 Å². The normalized spacial score (nSPS) is 18.0. The molecule has 0 aromatic carbocycles. The van der Waals surface area contributed by atoms with Crippen molar-refractivity contribution >= 4 is 11.3 Å². The molecule has 2 nitrogen and oxygen atoms in total. The van der Waals surface area contributed by atoms with E-state index < -0.39 is 0 Å². The second-order valence-electron chi connectivity index (χ2n) is 4.35. The number of nitrogens with one attached hydrogen (secondary N) is 1. The molecule has 1 atom stereocenters. The molecular formula is C12H19NOS. The van der Waals surface area contributed by atoms with Crippen LogP contribution in [0.15, 0.2) is 12.1 Å². The van der Waals surface area contributed by atoms with E-state index >= 15 is 0 Å². The highest BCUT2D eigenvalue weighted by Crippen LogP contribution is 2.34. The maximum Gasteiger partial charge on any atom is 0.0445 e. The fourth-order valence-corrected chi connectivity index (χ4v) is 2.80. The van der Waals surface area contributed by atoms with Crippen molar-refractivity contribution in [2.45, 2.75) is 38.8 Å². The van der Waals surface area contributed by atoms with Crippen LogP contribution in [0.2, 0.25) is 0 Å². The smallest absolute Gasteiger partial charge is 0.0445 e. The lowest BCUT2D eigenvalue weighted by atomic mass is 10.1. The second-order valence-corrected chi connectivity index (χ2v) is 5.72. The van der Waals surface area contributed by atoms with Gasteiger partial charge >= 0.3 is 0 Å². The first kappa shape index (κ1) is 11.1. The van der Waals surface area contributed by atoms with Crippen molar-refractivity contribution in [3.05, 3.63) is 21.9 Å². The van der Waals surface area contributed by atoms with Crippen LogP contribution >= 0.6 is 11.3 Å². The fourth-order valence-electron chi connectivity index (χ4n) is 1.95. The molecule has 1 fully saturated rings. The van der Waals surface area contributed by atoms with Gasteiger partial charge in [0.2, 0.25) is 0 Å². The number of hydrogen-bond donors (Lipinski definition) is 2. The average Bonchev–Trinajstić information content (AvgIpc) is 2.97. The van der Waals surface area contributed by atoms with Crippen molar-refractivity contribution in [3.63, 3.8) is 0 Å². The van der Waals surface area contributed by atoms with E-state index in [-0.39, 0.29) is 0 Å². The lowest BCUT2D eigenvalue weighted by Gasteiger charge is -2.16. The van der Waals surface area contributed by atoms with Crippen molar-refractivity contribution in [2.24, 2.45) is 5.92 Å². The Balaban J connectivity index is 1.79. The van der Waals surface area contributed by atoms with Crippen LogP contribution in [0.1, 0.15) is 29.0 Å². The Bertz CT molecular complexity index is 306. The predicted octanol–water partition coefficient (Wildman–Crippen LogP) is 2.31. The van der Waals surface area contributed by atoms with Crippen LogP contribution in [-0.2, 0) is 6.54 Å². The summed E-state index contributed by atoms with van der Waals surface area (Å²) < 4.78 is 0. The molecule has 3 heteroatoms. The molecule has 0 aliphatic heterocycles. The average molecular weight is 225 g/mol. The molecule has 2 N–H and O–H groups in total. The highest BCUT2D eigenvalue weighted by molar-refractivity contribution is 7.11. The number of hydrogen-bond acceptors (Lipinski definition) is 3. The molecule has 1 unspecified atom stereocenters. The SMILES string of the molecule is Cc1ccc(CNC(CCO)C2CC2)s1. The maximum atomic E-state index is 8.98. The molecule has 1 aliphatic rings. The molecule has 1 heterocycles. The quantitative estimate of drug-likeness (QED) is 0.778. The number of aliphatic hydroxyl groups is 1. The summed E-state index contributed by atoms with van der Waals surface area (Å²) in [5.74, 6) is 0.818. The minimum absolute atomic E-state index is 0.303. The summed E-state index contributed by atoms with van der Waals surface area (Å²) in [6.07, 6.45) is 3.57. The minimum atomic E-state index is 0.303. The van der Waals surface area contributed by atoms with Gasteiger partial charge in [0.15, 0.2) is 0 Å². The van der Waals surface area contributed by atoms with Gasteiger partial charge < -0.3 is 10.4 Å². The lowest BCUT2D eigenvalue weighted by Crippen LogP contribution is -2.31. The molecule has 1 saturated carbocycles. The number of aliphatic hydroxyl groups excluding tert-OH is 1. The Hall–Kier alpha value is -0.380. The molecule has 1 aromatic rings. The molecule has 0 amide bonds. The van der Waals surface area contributed by atoms with Gasteiger partial charge in [-0.2, -0.15) is 0 Å². The topological polar surface area (TPSA) is 32.3 Å². The van der Waals surface area contributed by atoms with E-state index in [1.807, 2.05) is 11.3 Å². The third-order valence-electron chi connectivity index (χ3n) is 2.97. The molecule has 1 aromatic heterocycles. The van der Waals surface area contributed by atoms with E-state index in [9.17, 15) is 0 Å². The Morgan fingerprint density at radius 3 is 2.87 bits per heavy atom. The van der Waals surface area contributed by atoms with Crippen LogP contribution in [0.3, 0.4) is 0 Å². The summed E-state index contributed by atoms with van der Waals surface area (Å²) in [6, 6.07) is 4.88. The first-order chi connectivity index (χ1) is 7.29. The van der Waals surface area contributed by atoms with Gasteiger partial charge in [0, 0.05) is 28.9 Å². The summed E-state index contributed by atoms with van der Waals surface area (Å²) in [6.45, 7) is 3.40. The van der Waals surface area contributed by atoms with Gasteiger partial charge in [0.1, 0.15) is 0 Å². The fraction of sp³-hybridized carbons (Fsp3) is 0.667. The third-order valence-corrected chi connectivity index (χ3v) is 3.97. The zero-order chi connectivity index (χ0) is 10.7. The highest BCUT2D eigenvalue weighted by Gasteiger charge is 2.30. The molecule has 84 valence electrons. The zero-order valence-corrected chi connectivity index (χ0v) is 10.0. The molecule has 1 aliphatic carbocycles. The molecule has 0 saturated heterocycles. The Morgan fingerprint density at radius 2 is 2.33 bits per heavy atom. The highest BCUT2D eigenvalue weighted by atomic mass is 32.1. The van der Waals surface area contributed by atoms with E-state index in [0.29, 0.717) is 12.6 Å². The van der Waals surface area contributed by atoms with Crippen LogP contribution in [0, 0.1) is 12.8 Å². The van der Waals surface area contributed by atoms with Gasteiger partial charge in [0.05, 0.1) is 0 Å². The predicted molar refractivity (Wildman–Crippen MR) is 64.1 cm³/mol. The van der Waals surface area contributed by atoms with E-state index in [0.717, 1.165) is 18.9 Å². The standard InChI is InChI=1S/C12H19NOS/c1-9-2-5-11(15-9)8-13-12(6-7-14)10-3-4-10/h2,5,10,12-14H,3-4,6-8H2,1H3. The van der Waals surface area contributed by atoms with E-state index in [2.05, 4.69) is 24.4 Å². The van der Waals surface area contributed by atoms with Crippen LogP contribution in [0.25, 0.3) is 0 Å². The molecule has 0 bridgehead atoms.